The van der Waals surface area contributed by atoms with Crippen LogP contribution in [0.2, 0.25) is 0 Å². The summed E-state index contributed by atoms with van der Waals surface area (Å²) in [6.07, 6.45) is 5.71. The highest BCUT2D eigenvalue weighted by Crippen LogP contribution is 2.17. The summed E-state index contributed by atoms with van der Waals surface area (Å²) >= 11 is 0. The van der Waals surface area contributed by atoms with E-state index >= 15 is 0 Å². The Labute approximate surface area is 99.6 Å². The third-order valence-electron chi connectivity index (χ3n) is 3.43. The van der Waals surface area contributed by atoms with E-state index in [0.717, 1.165) is 32.4 Å². The minimum Gasteiger partial charge on any atom is -0.339 e. The Morgan fingerprint density at radius 3 is 2.88 bits per heavy atom. The number of nitrogens with one attached hydrogen (secondary N) is 1. The number of rotatable bonds is 6. The second-order valence-electron chi connectivity index (χ2n) is 4.78. The molecule has 1 rings (SSSR count). The quantitative estimate of drug-likeness (QED) is 0.753. The minimum absolute atomic E-state index is 0.0721. The van der Waals surface area contributed by atoms with Gasteiger partial charge in [-0.1, -0.05) is 26.7 Å². The number of carbonyl (C=O) groups is 1. The van der Waals surface area contributed by atoms with Crippen LogP contribution in [-0.4, -0.2) is 36.0 Å². The number of unbranched alkanes of at least 4 members (excludes halogenated alkanes) is 1. The summed E-state index contributed by atoms with van der Waals surface area (Å²) in [5, 5.41) is 3.28. The van der Waals surface area contributed by atoms with Crippen LogP contribution in [-0.2, 0) is 4.79 Å². The lowest BCUT2D eigenvalue weighted by Crippen LogP contribution is -2.53. The number of nitrogens with zero attached hydrogens (tertiary/aromatic N) is 1. The highest BCUT2D eigenvalue weighted by molar-refractivity contribution is 5.82. The van der Waals surface area contributed by atoms with Crippen molar-refractivity contribution in [3.8, 4) is 0 Å². The van der Waals surface area contributed by atoms with Crippen LogP contribution in [0.15, 0.2) is 0 Å². The van der Waals surface area contributed by atoms with Gasteiger partial charge in [-0.25, -0.2) is 0 Å². The van der Waals surface area contributed by atoms with Gasteiger partial charge >= 0.3 is 0 Å². The summed E-state index contributed by atoms with van der Waals surface area (Å²) in [4.78, 5) is 14.3. The Kier molecular flexibility index (Phi) is 5.81. The van der Waals surface area contributed by atoms with Gasteiger partial charge in [0.15, 0.2) is 0 Å². The smallest absolute Gasteiger partial charge is 0.239 e. The summed E-state index contributed by atoms with van der Waals surface area (Å²) in [5.74, 6) is 0.316. The molecule has 1 aliphatic heterocycles. The standard InChI is InChI=1S/C13H26N2O/c1-4-6-8-11(3)15-10-7-9-12(13(15)16)14-5-2/h11-12,14H,4-10H2,1-3H3. The van der Waals surface area contributed by atoms with Crippen molar-refractivity contribution in [1.82, 2.24) is 10.2 Å². The lowest BCUT2D eigenvalue weighted by Gasteiger charge is -2.37. The molecule has 94 valence electrons. The number of piperidine rings is 1. The van der Waals surface area contributed by atoms with Crippen molar-refractivity contribution in [2.24, 2.45) is 0 Å². The normalized spacial score (nSPS) is 23.6. The molecule has 2 unspecified atom stereocenters. The highest BCUT2D eigenvalue weighted by Gasteiger charge is 2.30. The van der Waals surface area contributed by atoms with Gasteiger partial charge in [0, 0.05) is 12.6 Å². The molecule has 2 atom stereocenters. The molecule has 1 saturated heterocycles. The Morgan fingerprint density at radius 2 is 2.25 bits per heavy atom. The van der Waals surface area contributed by atoms with Crippen LogP contribution >= 0.6 is 0 Å². The molecule has 0 radical (unpaired) electrons. The van der Waals surface area contributed by atoms with Gasteiger partial charge in [-0.15, -0.1) is 0 Å². The predicted octanol–water partition coefficient (Wildman–Crippen LogP) is 2.17. The molecule has 0 spiro atoms. The van der Waals surface area contributed by atoms with Crippen LogP contribution in [0.3, 0.4) is 0 Å². The summed E-state index contributed by atoms with van der Waals surface area (Å²) in [5.41, 5.74) is 0. The van der Waals surface area contributed by atoms with E-state index in [0.29, 0.717) is 11.9 Å². The number of carbonyl (C=O) groups excluding carboxylic acids is 1. The molecule has 0 aromatic rings. The van der Waals surface area contributed by atoms with Gasteiger partial charge in [0.2, 0.25) is 5.91 Å². The van der Waals surface area contributed by atoms with E-state index in [9.17, 15) is 4.79 Å². The number of likely N-dealkylation sites (tertiary alicyclic amines) is 1. The molecule has 16 heavy (non-hydrogen) atoms. The maximum absolute atomic E-state index is 12.2. The molecule has 1 N–H and O–H groups in total. The zero-order valence-corrected chi connectivity index (χ0v) is 11.0. The van der Waals surface area contributed by atoms with Gasteiger partial charge in [0.05, 0.1) is 6.04 Å². The molecule has 1 aliphatic rings. The fourth-order valence-electron chi connectivity index (χ4n) is 2.43. The number of likely N-dealkylation sites (N-methyl/N-ethyl adjacent to an activating group) is 1. The van der Waals surface area contributed by atoms with E-state index in [1.54, 1.807) is 0 Å². The summed E-state index contributed by atoms with van der Waals surface area (Å²) < 4.78 is 0. The molecule has 0 aromatic carbocycles. The van der Waals surface area contributed by atoms with E-state index in [4.69, 9.17) is 0 Å². The predicted molar refractivity (Wildman–Crippen MR) is 67.4 cm³/mol. The molecule has 0 bridgehead atoms. The fourth-order valence-corrected chi connectivity index (χ4v) is 2.43. The number of amides is 1. The third kappa shape index (κ3) is 3.48. The average molecular weight is 226 g/mol. The Hall–Kier alpha value is -0.570. The van der Waals surface area contributed by atoms with Crippen molar-refractivity contribution in [3.63, 3.8) is 0 Å². The Balaban J connectivity index is 2.48. The minimum atomic E-state index is 0.0721. The maximum atomic E-state index is 12.2. The second-order valence-corrected chi connectivity index (χ2v) is 4.78. The van der Waals surface area contributed by atoms with Crippen molar-refractivity contribution >= 4 is 5.91 Å². The zero-order chi connectivity index (χ0) is 12.0. The topological polar surface area (TPSA) is 32.3 Å². The summed E-state index contributed by atoms with van der Waals surface area (Å²) in [6, 6.07) is 0.483. The van der Waals surface area contributed by atoms with Crippen LogP contribution < -0.4 is 5.32 Å². The lowest BCUT2D eigenvalue weighted by atomic mass is 10.0. The van der Waals surface area contributed by atoms with Crippen LogP contribution in [0.5, 0.6) is 0 Å². The van der Waals surface area contributed by atoms with Crippen LogP contribution in [0, 0.1) is 0 Å². The molecule has 1 heterocycles. The van der Waals surface area contributed by atoms with Crippen LogP contribution in [0.1, 0.15) is 52.9 Å². The van der Waals surface area contributed by atoms with Crippen molar-refractivity contribution in [3.05, 3.63) is 0 Å². The lowest BCUT2D eigenvalue weighted by molar-refractivity contribution is -0.138. The van der Waals surface area contributed by atoms with E-state index in [1.165, 1.54) is 12.8 Å². The molecule has 3 heteroatoms. The maximum Gasteiger partial charge on any atom is 0.239 e. The first-order valence-electron chi connectivity index (χ1n) is 6.74. The van der Waals surface area contributed by atoms with Crippen molar-refractivity contribution in [2.45, 2.75) is 65.0 Å². The Morgan fingerprint density at radius 1 is 1.50 bits per heavy atom. The van der Waals surface area contributed by atoms with Gasteiger partial charge in [-0.3, -0.25) is 4.79 Å². The first-order chi connectivity index (χ1) is 7.70. The van der Waals surface area contributed by atoms with Crippen LogP contribution in [0.25, 0.3) is 0 Å². The van der Waals surface area contributed by atoms with E-state index in [-0.39, 0.29) is 6.04 Å². The van der Waals surface area contributed by atoms with Gasteiger partial charge in [0.1, 0.15) is 0 Å². The van der Waals surface area contributed by atoms with Crippen molar-refractivity contribution < 1.29 is 4.79 Å². The number of hydrogen-bond donors (Lipinski definition) is 1. The molecular formula is C13H26N2O. The molecule has 0 aromatic heterocycles. The van der Waals surface area contributed by atoms with Crippen LogP contribution in [0.4, 0.5) is 0 Å². The molecule has 1 fully saturated rings. The monoisotopic (exact) mass is 226 g/mol. The summed E-state index contributed by atoms with van der Waals surface area (Å²) in [6.45, 7) is 8.28. The first-order valence-corrected chi connectivity index (χ1v) is 6.74. The summed E-state index contributed by atoms with van der Waals surface area (Å²) in [7, 11) is 0. The van der Waals surface area contributed by atoms with E-state index in [2.05, 4.69) is 31.0 Å². The molecule has 3 nitrogen and oxygen atoms in total. The molecule has 0 saturated carbocycles. The average Bonchev–Trinajstić information content (AvgIpc) is 2.29. The molecular weight excluding hydrogens is 200 g/mol. The van der Waals surface area contributed by atoms with E-state index in [1.807, 2.05) is 0 Å². The van der Waals surface area contributed by atoms with Gasteiger partial charge in [-0.2, -0.15) is 0 Å². The zero-order valence-electron chi connectivity index (χ0n) is 11.0. The Bertz CT molecular complexity index is 216. The van der Waals surface area contributed by atoms with Gasteiger partial charge in [-0.05, 0) is 32.7 Å². The largest absolute Gasteiger partial charge is 0.339 e. The second kappa shape index (κ2) is 6.89. The number of hydrogen-bond acceptors (Lipinski definition) is 2. The van der Waals surface area contributed by atoms with Gasteiger partial charge in [0.25, 0.3) is 0 Å². The highest BCUT2D eigenvalue weighted by atomic mass is 16.2. The molecule has 1 amide bonds. The van der Waals surface area contributed by atoms with Crippen molar-refractivity contribution in [2.75, 3.05) is 13.1 Å². The third-order valence-corrected chi connectivity index (χ3v) is 3.43. The first kappa shape index (κ1) is 13.5. The SMILES string of the molecule is CCCCC(C)N1CCCC(NCC)C1=O. The van der Waals surface area contributed by atoms with E-state index < -0.39 is 0 Å². The van der Waals surface area contributed by atoms with Crippen molar-refractivity contribution in [1.29, 1.82) is 0 Å². The fraction of sp³-hybridized carbons (Fsp3) is 0.923. The van der Waals surface area contributed by atoms with Gasteiger partial charge < -0.3 is 10.2 Å². The molecule has 0 aliphatic carbocycles.